The molecule has 6 nitrogen and oxygen atoms in total. The largest absolute Gasteiger partial charge is 0.497 e. The highest BCUT2D eigenvalue weighted by molar-refractivity contribution is 7.92. The van der Waals surface area contributed by atoms with Gasteiger partial charge in [0, 0.05) is 26.2 Å². The summed E-state index contributed by atoms with van der Waals surface area (Å²) in [7, 11) is 1.03. The highest BCUT2D eigenvalue weighted by Gasteiger charge is 2.22. The van der Waals surface area contributed by atoms with Gasteiger partial charge in [-0.05, 0) is 61.0 Å². The quantitative estimate of drug-likeness (QED) is 0.557. The molecular weight excluding hydrogens is 412 g/mol. The topological polar surface area (TPSA) is 66.9 Å². The van der Waals surface area contributed by atoms with Crippen molar-refractivity contribution in [2.24, 2.45) is 0 Å². The second-order valence-electron chi connectivity index (χ2n) is 7.35. The Kier molecular flexibility index (Phi) is 6.65. The van der Waals surface area contributed by atoms with Gasteiger partial charge in [-0.15, -0.1) is 0 Å². The lowest BCUT2D eigenvalue weighted by molar-refractivity contribution is 0.0785. The first kappa shape index (κ1) is 22.4. The van der Waals surface area contributed by atoms with Crippen LogP contribution in [0, 0.1) is 6.92 Å². The van der Waals surface area contributed by atoms with E-state index in [1.165, 1.54) is 30.6 Å². The number of hydrogen-bond acceptors (Lipinski definition) is 4. The molecule has 3 rings (SSSR count). The number of benzene rings is 3. The lowest BCUT2D eigenvalue weighted by atomic mass is 10.1. The van der Waals surface area contributed by atoms with Crippen molar-refractivity contribution in [2.45, 2.75) is 18.4 Å². The summed E-state index contributed by atoms with van der Waals surface area (Å²) in [6.45, 7) is 2.51. The van der Waals surface area contributed by atoms with Crippen LogP contribution < -0.4 is 9.04 Å². The van der Waals surface area contributed by atoms with Crippen LogP contribution in [0.1, 0.15) is 21.5 Å². The van der Waals surface area contributed by atoms with Crippen LogP contribution in [0.2, 0.25) is 0 Å². The summed E-state index contributed by atoms with van der Waals surface area (Å²) < 4.78 is 32.1. The maximum absolute atomic E-state index is 12.9. The first-order valence-electron chi connectivity index (χ1n) is 9.76. The molecule has 0 fully saturated rings. The maximum Gasteiger partial charge on any atom is 0.264 e. The molecule has 0 saturated heterocycles. The van der Waals surface area contributed by atoms with E-state index in [4.69, 9.17) is 4.74 Å². The van der Waals surface area contributed by atoms with Crippen LogP contribution in [0.4, 0.5) is 5.69 Å². The Hall–Kier alpha value is -3.32. The molecule has 0 bridgehead atoms. The molecule has 0 aliphatic carbocycles. The number of ether oxygens (including phenoxy) is 1. The minimum Gasteiger partial charge on any atom is -0.497 e. The summed E-state index contributed by atoms with van der Waals surface area (Å²) in [4.78, 5) is 14.6. The van der Waals surface area contributed by atoms with Gasteiger partial charge < -0.3 is 9.64 Å². The Bertz CT molecular complexity index is 1160. The number of carbonyl (C=O) groups excluding carboxylic acids is 1. The molecular formula is C24H26N2O4S. The van der Waals surface area contributed by atoms with E-state index in [-0.39, 0.29) is 10.8 Å². The van der Waals surface area contributed by atoms with Crippen LogP contribution in [-0.2, 0) is 16.6 Å². The van der Waals surface area contributed by atoms with E-state index in [1.54, 1.807) is 48.3 Å². The van der Waals surface area contributed by atoms with Crippen LogP contribution >= 0.6 is 0 Å². The molecule has 7 heteroatoms. The van der Waals surface area contributed by atoms with Crippen molar-refractivity contribution in [1.29, 1.82) is 0 Å². The van der Waals surface area contributed by atoms with Gasteiger partial charge in [-0.2, -0.15) is 0 Å². The summed E-state index contributed by atoms with van der Waals surface area (Å²) >= 11 is 0. The van der Waals surface area contributed by atoms with E-state index in [2.05, 4.69) is 0 Å². The third kappa shape index (κ3) is 5.06. The molecule has 0 spiro atoms. The summed E-state index contributed by atoms with van der Waals surface area (Å²) in [5.41, 5.74) is 3.16. The van der Waals surface area contributed by atoms with E-state index < -0.39 is 10.0 Å². The zero-order chi connectivity index (χ0) is 22.6. The number of nitrogens with zero attached hydrogens (tertiary/aromatic N) is 2. The number of carbonyl (C=O) groups is 1. The van der Waals surface area contributed by atoms with Gasteiger partial charge in [0.2, 0.25) is 0 Å². The van der Waals surface area contributed by atoms with Crippen molar-refractivity contribution in [2.75, 3.05) is 25.5 Å². The molecule has 31 heavy (non-hydrogen) atoms. The molecule has 0 saturated carbocycles. The van der Waals surface area contributed by atoms with Gasteiger partial charge in [0.25, 0.3) is 15.9 Å². The van der Waals surface area contributed by atoms with E-state index in [0.717, 1.165) is 11.1 Å². The van der Waals surface area contributed by atoms with Crippen molar-refractivity contribution in [3.05, 3.63) is 89.5 Å². The Labute approximate surface area is 183 Å². The van der Waals surface area contributed by atoms with Crippen LogP contribution in [0.25, 0.3) is 0 Å². The van der Waals surface area contributed by atoms with E-state index in [0.29, 0.717) is 23.5 Å². The first-order valence-corrected chi connectivity index (χ1v) is 11.2. The molecule has 0 atom stereocenters. The molecule has 0 aromatic heterocycles. The van der Waals surface area contributed by atoms with Gasteiger partial charge in [0.15, 0.2) is 0 Å². The molecule has 3 aromatic rings. The predicted molar refractivity (Wildman–Crippen MR) is 122 cm³/mol. The maximum atomic E-state index is 12.9. The molecule has 1 amide bonds. The molecule has 0 N–H and O–H groups in total. The Morgan fingerprint density at radius 2 is 1.58 bits per heavy atom. The molecule has 0 aliphatic rings. The van der Waals surface area contributed by atoms with Crippen molar-refractivity contribution < 1.29 is 17.9 Å². The summed E-state index contributed by atoms with van der Waals surface area (Å²) in [5.74, 6) is 0.452. The molecule has 162 valence electrons. The lowest BCUT2D eigenvalue weighted by Gasteiger charge is -2.21. The van der Waals surface area contributed by atoms with Gasteiger partial charge in [0.1, 0.15) is 5.75 Å². The lowest BCUT2D eigenvalue weighted by Crippen LogP contribution is -2.27. The summed E-state index contributed by atoms with van der Waals surface area (Å²) in [5, 5.41) is 0. The SMILES string of the molecule is COc1ccc(S(=O)(=O)N(C)c2ccc(C(=O)N(C)Cc3cccc(C)c3)cc2)cc1. The second kappa shape index (κ2) is 9.22. The van der Waals surface area contributed by atoms with Gasteiger partial charge in [-0.25, -0.2) is 8.42 Å². The van der Waals surface area contributed by atoms with Crippen LogP contribution in [0.15, 0.2) is 77.7 Å². The summed E-state index contributed by atoms with van der Waals surface area (Å²) in [6.07, 6.45) is 0. The third-order valence-electron chi connectivity index (χ3n) is 5.04. The van der Waals surface area contributed by atoms with E-state index in [9.17, 15) is 13.2 Å². The number of methoxy groups -OCH3 is 1. The van der Waals surface area contributed by atoms with Crippen LogP contribution in [-0.4, -0.2) is 40.4 Å². The van der Waals surface area contributed by atoms with Gasteiger partial charge >= 0.3 is 0 Å². The highest BCUT2D eigenvalue weighted by atomic mass is 32.2. The molecule has 3 aromatic carbocycles. The fourth-order valence-electron chi connectivity index (χ4n) is 3.24. The first-order chi connectivity index (χ1) is 14.7. The number of anilines is 1. The number of rotatable bonds is 7. The van der Waals surface area contributed by atoms with Gasteiger partial charge in [-0.1, -0.05) is 29.8 Å². The highest BCUT2D eigenvalue weighted by Crippen LogP contribution is 2.24. The molecule has 0 radical (unpaired) electrons. The zero-order valence-electron chi connectivity index (χ0n) is 18.1. The second-order valence-corrected chi connectivity index (χ2v) is 9.31. The van der Waals surface area contributed by atoms with Gasteiger partial charge in [0.05, 0.1) is 17.7 Å². The minimum absolute atomic E-state index is 0.131. The fraction of sp³-hybridized carbons (Fsp3) is 0.208. The van der Waals surface area contributed by atoms with Gasteiger partial charge in [-0.3, -0.25) is 9.10 Å². The van der Waals surface area contributed by atoms with Crippen LogP contribution in [0.5, 0.6) is 5.75 Å². The standard InChI is InChI=1S/C24H26N2O4S/c1-18-6-5-7-19(16-18)17-25(2)24(27)20-8-10-21(11-9-20)26(3)31(28,29)23-14-12-22(30-4)13-15-23/h5-16H,17H2,1-4H3. The van der Waals surface area contributed by atoms with Crippen molar-refractivity contribution >= 4 is 21.6 Å². The van der Waals surface area contributed by atoms with Crippen LogP contribution in [0.3, 0.4) is 0 Å². The van der Waals surface area contributed by atoms with E-state index in [1.807, 2.05) is 31.2 Å². The minimum atomic E-state index is -3.73. The van der Waals surface area contributed by atoms with Crippen molar-refractivity contribution in [3.8, 4) is 5.75 Å². The Morgan fingerprint density at radius 3 is 2.16 bits per heavy atom. The Morgan fingerprint density at radius 1 is 0.935 bits per heavy atom. The number of hydrogen-bond donors (Lipinski definition) is 0. The van der Waals surface area contributed by atoms with Crippen molar-refractivity contribution in [3.63, 3.8) is 0 Å². The number of amides is 1. The molecule has 0 unspecified atom stereocenters. The third-order valence-corrected chi connectivity index (χ3v) is 6.84. The smallest absolute Gasteiger partial charge is 0.264 e. The molecule has 0 heterocycles. The van der Waals surface area contributed by atoms with Crippen molar-refractivity contribution in [1.82, 2.24) is 4.90 Å². The summed E-state index contributed by atoms with van der Waals surface area (Å²) in [6, 6.07) is 20.8. The normalized spacial score (nSPS) is 11.1. The zero-order valence-corrected chi connectivity index (χ0v) is 18.9. The predicted octanol–water partition coefficient (Wildman–Crippen LogP) is 4.10. The number of aryl methyl sites for hydroxylation is 1. The average Bonchev–Trinajstić information content (AvgIpc) is 2.78. The molecule has 0 aliphatic heterocycles. The Balaban J connectivity index is 1.74. The number of sulfonamides is 1. The van der Waals surface area contributed by atoms with E-state index >= 15 is 0 Å². The monoisotopic (exact) mass is 438 g/mol. The average molecular weight is 439 g/mol. The fourth-order valence-corrected chi connectivity index (χ4v) is 4.43.